The van der Waals surface area contributed by atoms with Crippen LogP contribution in [0.15, 0.2) is 66.9 Å². The van der Waals surface area contributed by atoms with E-state index < -0.39 is 0 Å². The number of hydrogen-bond donors (Lipinski definition) is 1. The largest absolute Gasteiger partial charge is 0.354 e. The monoisotopic (exact) mass is 268 g/mol. The lowest BCUT2D eigenvalue weighted by Crippen LogP contribution is -1.80. The van der Waals surface area contributed by atoms with Crippen LogP contribution in [0.3, 0.4) is 0 Å². The van der Waals surface area contributed by atoms with Crippen LogP contribution in [0.5, 0.6) is 0 Å². The average molecular weight is 268 g/mol. The van der Waals surface area contributed by atoms with E-state index in [9.17, 15) is 0 Å². The molecular formula is C19H12N2. The number of hydrogen-bond acceptors (Lipinski definition) is 1. The number of pyridine rings is 1. The summed E-state index contributed by atoms with van der Waals surface area (Å²) >= 11 is 0. The van der Waals surface area contributed by atoms with Crippen LogP contribution in [0.2, 0.25) is 0 Å². The smallest absolute Gasteiger partial charge is 0.0708 e. The van der Waals surface area contributed by atoms with E-state index >= 15 is 0 Å². The normalized spacial score (nSPS) is 11.8. The van der Waals surface area contributed by atoms with Gasteiger partial charge in [0.15, 0.2) is 0 Å². The zero-order valence-corrected chi connectivity index (χ0v) is 11.3. The van der Waals surface area contributed by atoms with Gasteiger partial charge in [-0.25, -0.2) is 0 Å². The number of fused-ring (bicyclic) bond motifs is 5. The van der Waals surface area contributed by atoms with Crippen LogP contribution >= 0.6 is 0 Å². The summed E-state index contributed by atoms with van der Waals surface area (Å²) in [7, 11) is 0. The Balaban J connectivity index is 1.99. The maximum atomic E-state index is 4.44. The van der Waals surface area contributed by atoms with Gasteiger partial charge in [0.25, 0.3) is 0 Å². The highest BCUT2D eigenvalue weighted by Crippen LogP contribution is 2.31. The number of H-pyrrole nitrogens is 1. The first-order chi connectivity index (χ1) is 10.4. The van der Waals surface area contributed by atoms with Crippen LogP contribution in [0, 0.1) is 0 Å². The summed E-state index contributed by atoms with van der Waals surface area (Å²) < 4.78 is 0. The highest BCUT2D eigenvalue weighted by Gasteiger charge is 2.06. The quantitative estimate of drug-likeness (QED) is 0.392. The number of para-hydroxylation sites is 1. The molecule has 21 heavy (non-hydrogen) atoms. The summed E-state index contributed by atoms with van der Waals surface area (Å²) in [4.78, 5) is 7.94. The Labute approximate surface area is 121 Å². The summed E-state index contributed by atoms with van der Waals surface area (Å²) in [5.41, 5.74) is 3.41. The molecule has 0 aliphatic rings. The van der Waals surface area contributed by atoms with Crippen molar-refractivity contribution in [1.29, 1.82) is 0 Å². The summed E-state index contributed by atoms with van der Waals surface area (Å²) in [6.45, 7) is 0. The SMILES string of the molecule is c1cnc2cc3cc4[nH]c5ccccc5c4cc3cc2c1. The Hall–Kier alpha value is -2.87. The second-order valence-electron chi connectivity index (χ2n) is 5.46. The molecule has 0 unspecified atom stereocenters. The second kappa shape index (κ2) is 3.83. The number of nitrogens with one attached hydrogen (secondary N) is 1. The molecule has 2 aromatic heterocycles. The number of aromatic nitrogens is 2. The van der Waals surface area contributed by atoms with Gasteiger partial charge in [0.05, 0.1) is 5.52 Å². The molecule has 0 radical (unpaired) electrons. The van der Waals surface area contributed by atoms with E-state index in [2.05, 4.69) is 64.6 Å². The van der Waals surface area contributed by atoms with Gasteiger partial charge in [-0.3, -0.25) is 4.98 Å². The van der Waals surface area contributed by atoms with Crippen LogP contribution in [0.1, 0.15) is 0 Å². The van der Waals surface area contributed by atoms with Gasteiger partial charge in [-0.15, -0.1) is 0 Å². The van der Waals surface area contributed by atoms with E-state index in [4.69, 9.17) is 0 Å². The molecule has 2 heteroatoms. The van der Waals surface area contributed by atoms with E-state index in [0.717, 1.165) is 5.52 Å². The third-order valence-corrected chi connectivity index (χ3v) is 4.18. The van der Waals surface area contributed by atoms with Crippen LogP contribution in [0.4, 0.5) is 0 Å². The molecular weight excluding hydrogens is 256 g/mol. The first-order valence-corrected chi connectivity index (χ1v) is 7.07. The van der Waals surface area contributed by atoms with Crippen LogP contribution in [0.25, 0.3) is 43.5 Å². The van der Waals surface area contributed by atoms with Crippen LogP contribution in [-0.2, 0) is 0 Å². The average Bonchev–Trinajstić information content (AvgIpc) is 2.88. The summed E-state index contributed by atoms with van der Waals surface area (Å²) in [6, 6.07) is 21.4. The van der Waals surface area contributed by atoms with Crippen molar-refractivity contribution >= 4 is 43.5 Å². The highest BCUT2D eigenvalue weighted by molar-refractivity contribution is 6.13. The van der Waals surface area contributed by atoms with Gasteiger partial charge < -0.3 is 4.98 Å². The van der Waals surface area contributed by atoms with E-state index in [-0.39, 0.29) is 0 Å². The number of benzene rings is 3. The van der Waals surface area contributed by atoms with Crippen LogP contribution in [-0.4, -0.2) is 9.97 Å². The van der Waals surface area contributed by atoms with Crippen LogP contribution < -0.4 is 0 Å². The molecule has 1 N–H and O–H groups in total. The lowest BCUT2D eigenvalue weighted by molar-refractivity contribution is 1.42. The van der Waals surface area contributed by atoms with Crippen molar-refractivity contribution in [3.63, 3.8) is 0 Å². The van der Waals surface area contributed by atoms with Gasteiger partial charge in [0.1, 0.15) is 0 Å². The van der Waals surface area contributed by atoms with Crippen molar-refractivity contribution in [3.8, 4) is 0 Å². The van der Waals surface area contributed by atoms with Gasteiger partial charge in [0, 0.05) is 33.4 Å². The molecule has 0 spiro atoms. The fourth-order valence-electron chi connectivity index (χ4n) is 3.17. The Morgan fingerprint density at radius 3 is 2.57 bits per heavy atom. The first-order valence-electron chi connectivity index (χ1n) is 7.07. The Morgan fingerprint density at radius 1 is 0.667 bits per heavy atom. The molecule has 0 fully saturated rings. The van der Waals surface area contributed by atoms with E-state index in [1.807, 2.05) is 12.3 Å². The van der Waals surface area contributed by atoms with E-state index in [1.165, 1.54) is 38.0 Å². The van der Waals surface area contributed by atoms with E-state index in [1.54, 1.807) is 0 Å². The number of aromatic amines is 1. The summed E-state index contributed by atoms with van der Waals surface area (Å²) in [5.74, 6) is 0. The zero-order valence-electron chi connectivity index (χ0n) is 11.3. The molecule has 0 aliphatic carbocycles. The Kier molecular flexibility index (Phi) is 1.98. The molecule has 0 bridgehead atoms. The fourth-order valence-corrected chi connectivity index (χ4v) is 3.17. The number of nitrogens with zero attached hydrogens (tertiary/aromatic N) is 1. The molecule has 0 saturated carbocycles. The first kappa shape index (κ1) is 10.9. The predicted octanol–water partition coefficient (Wildman–Crippen LogP) is 5.02. The summed E-state index contributed by atoms with van der Waals surface area (Å²) in [6.07, 6.45) is 1.84. The van der Waals surface area contributed by atoms with Gasteiger partial charge >= 0.3 is 0 Å². The molecule has 98 valence electrons. The predicted molar refractivity (Wildman–Crippen MR) is 88.6 cm³/mol. The van der Waals surface area contributed by atoms with Crippen molar-refractivity contribution in [2.75, 3.05) is 0 Å². The molecule has 5 rings (SSSR count). The van der Waals surface area contributed by atoms with Gasteiger partial charge in [-0.2, -0.15) is 0 Å². The minimum Gasteiger partial charge on any atom is -0.354 e. The van der Waals surface area contributed by atoms with Crippen molar-refractivity contribution in [1.82, 2.24) is 9.97 Å². The minimum atomic E-state index is 1.04. The molecule has 3 aromatic carbocycles. The van der Waals surface area contributed by atoms with Crippen molar-refractivity contribution in [2.45, 2.75) is 0 Å². The molecule has 5 aromatic rings. The maximum absolute atomic E-state index is 4.44. The maximum Gasteiger partial charge on any atom is 0.0708 e. The van der Waals surface area contributed by atoms with Gasteiger partial charge in [-0.1, -0.05) is 24.3 Å². The van der Waals surface area contributed by atoms with Crippen molar-refractivity contribution in [3.05, 3.63) is 66.9 Å². The number of rotatable bonds is 0. The van der Waals surface area contributed by atoms with Crippen molar-refractivity contribution < 1.29 is 0 Å². The third-order valence-electron chi connectivity index (χ3n) is 4.18. The molecule has 0 aliphatic heterocycles. The molecule has 0 saturated heterocycles. The van der Waals surface area contributed by atoms with Gasteiger partial charge in [-0.05, 0) is 47.2 Å². The Morgan fingerprint density at radius 2 is 1.57 bits per heavy atom. The van der Waals surface area contributed by atoms with E-state index in [0.29, 0.717) is 0 Å². The van der Waals surface area contributed by atoms with Gasteiger partial charge in [0.2, 0.25) is 0 Å². The lowest BCUT2D eigenvalue weighted by atomic mass is 10.0. The molecule has 2 heterocycles. The molecule has 0 amide bonds. The molecule has 0 atom stereocenters. The lowest BCUT2D eigenvalue weighted by Gasteiger charge is -2.02. The second-order valence-corrected chi connectivity index (χ2v) is 5.46. The fraction of sp³-hybridized carbons (Fsp3) is 0. The Bertz CT molecular complexity index is 1130. The highest BCUT2D eigenvalue weighted by atomic mass is 14.7. The topological polar surface area (TPSA) is 28.7 Å². The zero-order chi connectivity index (χ0) is 13.8. The standard InChI is InChI=1S/C19H12N2/c1-2-6-17-15(5-1)16-9-13-8-12-4-3-7-20-18(12)10-14(13)11-19(16)21-17/h1-11,21H. The summed E-state index contributed by atoms with van der Waals surface area (Å²) in [5, 5.41) is 6.22. The minimum absolute atomic E-state index is 1.04. The molecule has 2 nitrogen and oxygen atoms in total. The third kappa shape index (κ3) is 1.50. The van der Waals surface area contributed by atoms with Crippen molar-refractivity contribution in [2.24, 2.45) is 0 Å².